The van der Waals surface area contributed by atoms with Crippen LogP contribution in [-0.2, 0) is 4.74 Å². The van der Waals surface area contributed by atoms with E-state index in [1.807, 2.05) is 0 Å². The Labute approximate surface area is 104 Å². The Morgan fingerprint density at radius 3 is 1.94 bits per heavy atom. The van der Waals surface area contributed by atoms with Crippen molar-refractivity contribution in [2.75, 3.05) is 0 Å². The molecule has 0 N–H and O–H groups in total. The molecule has 4 nitrogen and oxygen atoms in total. The average Bonchev–Trinajstić information content (AvgIpc) is 2.40. The van der Waals surface area contributed by atoms with Gasteiger partial charge in [0.05, 0.1) is 5.56 Å². The molecule has 0 aliphatic rings. The fourth-order valence-electron chi connectivity index (χ4n) is 1.31. The normalized spacial score (nSPS) is 9.56. The van der Waals surface area contributed by atoms with Crippen molar-refractivity contribution >= 4 is 12.1 Å². The maximum absolute atomic E-state index is 11.5. The maximum atomic E-state index is 11.5. The topological polar surface area (TPSA) is 52.6 Å². The molecule has 0 heterocycles. The van der Waals surface area contributed by atoms with Gasteiger partial charge in [-0.2, -0.15) is 0 Å². The highest BCUT2D eigenvalue weighted by Crippen LogP contribution is 2.10. The summed E-state index contributed by atoms with van der Waals surface area (Å²) in [5.41, 5.74) is 0.294. The zero-order valence-corrected chi connectivity index (χ0v) is 9.41. The van der Waals surface area contributed by atoms with E-state index >= 15 is 0 Å². The SMILES string of the molecule is O=C(OC(=O)c1ccccc1)Oc1ccccc1. The summed E-state index contributed by atoms with van der Waals surface area (Å²) < 4.78 is 9.36. The Morgan fingerprint density at radius 2 is 1.33 bits per heavy atom. The van der Waals surface area contributed by atoms with Crippen molar-refractivity contribution in [2.45, 2.75) is 0 Å². The van der Waals surface area contributed by atoms with Crippen LogP contribution in [0.25, 0.3) is 0 Å². The highest BCUT2D eigenvalue weighted by atomic mass is 16.7. The Hall–Kier alpha value is -2.62. The molecule has 0 atom stereocenters. The minimum Gasteiger partial charge on any atom is -0.395 e. The Bertz CT molecular complexity index is 534. The van der Waals surface area contributed by atoms with E-state index in [0.717, 1.165) is 0 Å². The molecule has 0 unspecified atom stereocenters. The zero-order chi connectivity index (χ0) is 12.8. The lowest BCUT2D eigenvalue weighted by atomic mass is 10.2. The van der Waals surface area contributed by atoms with Crippen LogP contribution >= 0.6 is 0 Å². The molecule has 18 heavy (non-hydrogen) atoms. The number of para-hydroxylation sites is 1. The van der Waals surface area contributed by atoms with Crippen molar-refractivity contribution in [1.29, 1.82) is 0 Å². The summed E-state index contributed by atoms with van der Waals surface area (Å²) in [6.45, 7) is 0. The van der Waals surface area contributed by atoms with E-state index in [4.69, 9.17) is 4.74 Å². The van der Waals surface area contributed by atoms with E-state index in [-0.39, 0.29) is 0 Å². The average molecular weight is 242 g/mol. The number of carbonyl (C=O) groups is 2. The van der Waals surface area contributed by atoms with Crippen LogP contribution in [0.4, 0.5) is 4.79 Å². The Kier molecular flexibility index (Phi) is 3.71. The quantitative estimate of drug-likeness (QED) is 0.461. The van der Waals surface area contributed by atoms with Crippen LogP contribution in [-0.4, -0.2) is 12.1 Å². The second-order valence-corrected chi connectivity index (χ2v) is 3.42. The highest BCUT2D eigenvalue weighted by molar-refractivity contribution is 5.95. The van der Waals surface area contributed by atoms with E-state index in [0.29, 0.717) is 11.3 Å². The van der Waals surface area contributed by atoms with Crippen LogP contribution in [0.5, 0.6) is 5.75 Å². The molecule has 4 heteroatoms. The highest BCUT2D eigenvalue weighted by Gasteiger charge is 2.14. The molecular weight excluding hydrogens is 232 g/mol. The minimum atomic E-state index is -1.05. The van der Waals surface area contributed by atoms with Gasteiger partial charge < -0.3 is 9.47 Å². The summed E-state index contributed by atoms with van der Waals surface area (Å²) in [6, 6.07) is 16.6. The molecular formula is C14H10O4. The molecule has 0 aliphatic heterocycles. The maximum Gasteiger partial charge on any atom is 0.521 e. The predicted molar refractivity (Wildman–Crippen MR) is 64.3 cm³/mol. The van der Waals surface area contributed by atoms with E-state index in [9.17, 15) is 9.59 Å². The third-order valence-electron chi connectivity index (χ3n) is 2.13. The van der Waals surface area contributed by atoms with Gasteiger partial charge in [-0.3, -0.25) is 0 Å². The second-order valence-electron chi connectivity index (χ2n) is 3.42. The Morgan fingerprint density at radius 1 is 0.778 bits per heavy atom. The molecule has 2 aromatic carbocycles. The zero-order valence-electron chi connectivity index (χ0n) is 9.41. The van der Waals surface area contributed by atoms with Gasteiger partial charge in [0.25, 0.3) is 0 Å². The Balaban J connectivity index is 1.94. The smallest absolute Gasteiger partial charge is 0.395 e. The largest absolute Gasteiger partial charge is 0.521 e. The van der Waals surface area contributed by atoms with Crippen LogP contribution in [0.15, 0.2) is 60.7 Å². The van der Waals surface area contributed by atoms with Gasteiger partial charge in [0.2, 0.25) is 0 Å². The lowest BCUT2D eigenvalue weighted by molar-refractivity contribution is 0.0530. The number of carbonyl (C=O) groups excluding carboxylic acids is 2. The van der Waals surface area contributed by atoms with Crippen molar-refractivity contribution in [3.05, 3.63) is 66.2 Å². The number of esters is 1. The summed E-state index contributed by atoms with van der Waals surface area (Å²) in [4.78, 5) is 22.9. The second kappa shape index (κ2) is 5.63. The van der Waals surface area contributed by atoms with E-state index in [2.05, 4.69) is 4.74 Å². The number of hydrogen-bond donors (Lipinski definition) is 0. The molecule has 0 amide bonds. The van der Waals surface area contributed by atoms with Crippen molar-refractivity contribution in [3.8, 4) is 5.75 Å². The van der Waals surface area contributed by atoms with Crippen LogP contribution in [0.2, 0.25) is 0 Å². The lowest BCUT2D eigenvalue weighted by Crippen LogP contribution is -2.16. The summed E-state index contributed by atoms with van der Waals surface area (Å²) in [5, 5.41) is 0. The fraction of sp³-hybridized carbons (Fsp3) is 0. The molecule has 0 aromatic heterocycles. The van der Waals surface area contributed by atoms with Crippen molar-refractivity contribution in [3.63, 3.8) is 0 Å². The summed E-state index contributed by atoms with van der Waals surface area (Å²) in [6.07, 6.45) is -1.05. The summed E-state index contributed by atoms with van der Waals surface area (Å²) in [7, 11) is 0. The van der Waals surface area contributed by atoms with Crippen molar-refractivity contribution < 1.29 is 19.1 Å². The molecule has 0 aliphatic carbocycles. The number of benzene rings is 2. The number of hydrogen-bond acceptors (Lipinski definition) is 4. The van der Waals surface area contributed by atoms with Gasteiger partial charge in [0.1, 0.15) is 5.75 Å². The van der Waals surface area contributed by atoms with Crippen LogP contribution in [0, 0.1) is 0 Å². The van der Waals surface area contributed by atoms with Gasteiger partial charge in [-0.05, 0) is 24.3 Å². The predicted octanol–water partition coefficient (Wildman–Crippen LogP) is 3.04. The van der Waals surface area contributed by atoms with Gasteiger partial charge >= 0.3 is 12.1 Å². The van der Waals surface area contributed by atoms with E-state index in [1.54, 1.807) is 60.7 Å². The van der Waals surface area contributed by atoms with Gasteiger partial charge in [0, 0.05) is 0 Å². The summed E-state index contributed by atoms with van der Waals surface area (Å²) in [5.74, 6) is -0.417. The first-order valence-electron chi connectivity index (χ1n) is 5.30. The van der Waals surface area contributed by atoms with Gasteiger partial charge in [0.15, 0.2) is 0 Å². The molecule has 0 spiro atoms. The molecule has 0 radical (unpaired) electrons. The molecule has 2 aromatic rings. The van der Waals surface area contributed by atoms with Crippen LogP contribution in [0.1, 0.15) is 10.4 Å². The number of ether oxygens (including phenoxy) is 2. The number of rotatable bonds is 2. The molecule has 0 saturated carbocycles. The third kappa shape index (κ3) is 3.18. The van der Waals surface area contributed by atoms with Gasteiger partial charge in [-0.1, -0.05) is 36.4 Å². The molecule has 90 valence electrons. The van der Waals surface area contributed by atoms with Crippen LogP contribution in [0.3, 0.4) is 0 Å². The minimum absolute atomic E-state index is 0.294. The monoisotopic (exact) mass is 242 g/mol. The first kappa shape index (κ1) is 11.9. The molecule has 2 rings (SSSR count). The first-order chi connectivity index (χ1) is 8.75. The van der Waals surface area contributed by atoms with Gasteiger partial charge in [-0.15, -0.1) is 0 Å². The van der Waals surface area contributed by atoms with E-state index in [1.165, 1.54) is 0 Å². The lowest BCUT2D eigenvalue weighted by Gasteiger charge is -2.03. The first-order valence-corrected chi connectivity index (χ1v) is 5.30. The summed E-state index contributed by atoms with van der Waals surface area (Å²) >= 11 is 0. The van der Waals surface area contributed by atoms with Gasteiger partial charge in [-0.25, -0.2) is 9.59 Å². The molecule has 0 saturated heterocycles. The van der Waals surface area contributed by atoms with Crippen molar-refractivity contribution in [1.82, 2.24) is 0 Å². The van der Waals surface area contributed by atoms with Crippen molar-refractivity contribution in [2.24, 2.45) is 0 Å². The fourth-order valence-corrected chi connectivity index (χ4v) is 1.31. The standard InChI is InChI=1S/C14H10O4/c15-13(11-7-3-1-4-8-11)18-14(16)17-12-9-5-2-6-10-12/h1-10H. The van der Waals surface area contributed by atoms with E-state index < -0.39 is 12.1 Å². The molecule has 0 fully saturated rings. The van der Waals surface area contributed by atoms with Crippen LogP contribution < -0.4 is 4.74 Å². The molecule has 0 bridgehead atoms. The third-order valence-corrected chi connectivity index (χ3v) is 2.13.